The van der Waals surface area contributed by atoms with E-state index in [9.17, 15) is 18.0 Å². The number of hydrogen-bond acceptors (Lipinski definition) is 6. The number of nitrogens with two attached hydrogens (primary N) is 1. The molecule has 2 saturated heterocycles. The minimum atomic E-state index is -3.40. The van der Waals surface area contributed by atoms with Gasteiger partial charge in [-0.05, 0) is 61.4 Å². The molecule has 2 aliphatic heterocycles. The number of anilines is 2. The molecule has 2 aromatic rings. The van der Waals surface area contributed by atoms with Crippen molar-refractivity contribution in [3.8, 4) is 0 Å². The fourth-order valence-electron chi connectivity index (χ4n) is 4.86. The molecule has 180 valence electrons. The zero-order valence-corrected chi connectivity index (χ0v) is 20.1. The Labute approximate surface area is 199 Å². The first-order chi connectivity index (χ1) is 16.2. The molecule has 34 heavy (non-hydrogen) atoms. The number of pyridine rings is 1. The lowest BCUT2D eigenvalue weighted by Gasteiger charge is -2.36. The number of benzene rings is 1. The Morgan fingerprint density at radius 3 is 2.35 bits per heavy atom. The molecule has 2 N–H and O–H groups in total. The van der Waals surface area contributed by atoms with Crippen LogP contribution in [0.5, 0.6) is 0 Å². The van der Waals surface area contributed by atoms with E-state index in [1.165, 1.54) is 34.8 Å². The van der Waals surface area contributed by atoms with Gasteiger partial charge in [0, 0.05) is 38.9 Å². The molecule has 0 radical (unpaired) electrons. The third kappa shape index (κ3) is 4.22. The van der Waals surface area contributed by atoms with Gasteiger partial charge in [-0.15, -0.1) is 0 Å². The Kier molecular flexibility index (Phi) is 5.71. The van der Waals surface area contributed by atoms with Crippen LogP contribution in [0.4, 0.5) is 11.5 Å². The van der Waals surface area contributed by atoms with Gasteiger partial charge in [0.15, 0.2) is 0 Å². The molecule has 0 bridgehead atoms. The van der Waals surface area contributed by atoms with Crippen LogP contribution in [-0.4, -0.2) is 68.6 Å². The molecule has 3 fully saturated rings. The SMILES string of the molecule is Cc1cc(C2CC2)cnc1N1CCN(C(=O)c2ccc(N3CCCS3(=O)=O)cc2C(N)=O)CC1. The Balaban J connectivity index is 1.31. The molecule has 0 atom stereocenters. The highest BCUT2D eigenvalue weighted by atomic mass is 32.2. The van der Waals surface area contributed by atoms with Gasteiger partial charge in [0.05, 0.1) is 22.6 Å². The number of hydrogen-bond donors (Lipinski definition) is 1. The number of rotatable bonds is 5. The number of carbonyl (C=O) groups excluding carboxylic acids is 2. The number of aromatic nitrogens is 1. The Hall–Kier alpha value is -3.14. The van der Waals surface area contributed by atoms with Gasteiger partial charge in [-0.1, -0.05) is 6.07 Å². The molecule has 1 saturated carbocycles. The minimum Gasteiger partial charge on any atom is -0.366 e. The van der Waals surface area contributed by atoms with Crippen LogP contribution in [0.15, 0.2) is 30.5 Å². The molecule has 1 aromatic heterocycles. The Morgan fingerprint density at radius 1 is 1.03 bits per heavy atom. The van der Waals surface area contributed by atoms with E-state index in [0.717, 1.165) is 11.4 Å². The first kappa shape index (κ1) is 22.6. The molecule has 2 amide bonds. The summed E-state index contributed by atoms with van der Waals surface area (Å²) in [5.41, 5.74) is 8.63. The highest BCUT2D eigenvalue weighted by Gasteiger charge is 2.31. The van der Waals surface area contributed by atoms with Crippen molar-refractivity contribution in [2.45, 2.75) is 32.1 Å². The number of amides is 2. The third-order valence-electron chi connectivity index (χ3n) is 6.87. The van der Waals surface area contributed by atoms with E-state index in [4.69, 9.17) is 10.7 Å². The molecular weight excluding hydrogens is 454 g/mol. The van der Waals surface area contributed by atoms with Crippen LogP contribution >= 0.6 is 0 Å². The third-order valence-corrected chi connectivity index (χ3v) is 8.74. The minimum absolute atomic E-state index is 0.0419. The lowest BCUT2D eigenvalue weighted by molar-refractivity contribution is 0.0741. The second-order valence-corrected chi connectivity index (χ2v) is 11.3. The molecule has 5 rings (SSSR count). The summed E-state index contributed by atoms with van der Waals surface area (Å²) in [4.78, 5) is 34.0. The molecule has 1 aromatic carbocycles. The maximum Gasteiger partial charge on any atom is 0.254 e. The van der Waals surface area contributed by atoms with Gasteiger partial charge < -0.3 is 15.5 Å². The average molecular weight is 484 g/mol. The lowest BCUT2D eigenvalue weighted by Crippen LogP contribution is -2.49. The number of nitrogens with zero attached hydrogens (tertiary/aromatic N) is 4. The van der Waals surface area contributed by atoms with Crippen LogP contribution in [0.2, 0.25) is 0 Å². The van der Waals surface area contributed by atoms with Crippen molar-refractivity contribution in [1.82, 2.24) is 9.88 Å². The van der Waals surface area contributed by atoms with Crippen molar-refractivity contribution < 1.29 is 18.0 Å². The normalized spacial score (nSPS) is 20.0. The summed E-state index contributed by atoms with van der Waals surface area (Å²) in [6, 6.07) is 6.73. The van der Waals surface area contributed by atoms with Crippen molar-refractivity contribution >= 4 is 33.3 Å². The molecule has 9 nitrogen and oxygen atoms in total. The van der Waals surface area contributed by atoms with E-state index in [-0.39, 0.29) is 22.8 Å². The van der Waals surface area contributed by atoms with Gasteiger partial charge in [0.1, 0.15) is 5.82 Å². The van der Waals surface area contributed by atoms with Crippen LogP contribution in [-0.2, 0) is 10.0 Å². The van der Waals surface area contributed by atoms with Crippen LogP contribution in [0.25, 0.3) is 0 Å². The van der Waals surface area contributed by atoms with E-state index in [1.54, 1.807) is 11.0 Å². The van der Waals surface area contributed by atoms with E-state index in [0.29, 0.717) is 50.7 Å². The van der Waals surface area contributed by atoms with E-state index >= 15 is 0 Å². The van der Waals surface area contributed by atoms with Gasteiger partial charge in [-0.2, -0.15) is 0 Å². The number of primary amides is 1. The smallest absolute Gasteiger partial charge is 0.254 e. The summed E-state index contributed by atoms with van der Waals surface area (Å²) in [6.45, 7) is 4.68. The highest BCUT2D eigenvalue weighted by Crippen LogP contribution is 2.40. The van der Waals surface area contributed by atoms with Crippen LogP contribution in [0.1, 0.15) is 57.0 Å². The summed E-state index contributed by atoms with van der Waals surface area (Å²) in [5.74, 6) is 0.646. The number of sulfonamides is 1. The second-order valence-electron chi connectivity index (χ2n) is 9.30. The predicted octanol–water partition coefficient (Wildman–Crippen LogP) is 1.87. The molecule has 3 heterocycles. The Morgan fingerprint density at radius 2 is 1.76 bits per heavy atom. The molecular formula is C24H29N5O4S. The molecule has 1 aliphatic carbocycles. The largest absolute Gasteiger partial charge is 0.366 e. The first-order valence-electron chi connectivity index (χ1n) is 11.7. The van der Waals surface area contributed by atoms with Crippen LogP contribution in [0, 0.1) is 6.92 Å². The van der Waals surface area contributed by atoms with E-state index in [1.807, 2.05) is 6.20 Å². The standard InChI is InChI=1S/C24H29N5O4S/c1-16-13-18(17-3-4-17)15-26-23(16)27-8-10-28(11-9-27)24(31)20-6-5-19(14-21(20)22(25)30)29-7-2-12-34(29,32)33/h5-6,13-15,17H,2-4,7-12H2,1H3,(H2,25,30). The van der Waals surface area contributed by atoms with Crippen molar-refractivity contribution in [3.63, 3.8) is 0 Å². The zero-order valence-electron chi connectivity index (χ0n) is 19.2. The van der Waals surface area contributed by atoms with Crippen molar-refractivity contribution in [2.75, 3.05) is 47.7 Å². The molecule has 0 unspecified atom stereocenters. The Bertz CT molecular complexity index is 1250. The number of piperazine rings is 1. The topological polar surface area (TPSA) is 117 Å². The van der Waals surface area contributed by atoms with Gasteiger partial charge >= 0.3 is 0 Å². The van der Waals surface area contributed by atoms with E-state index in [2.05, 4.69) is 17.9 Å². The first-order valence-corrected chi connectivity index (χ1v) is 13.3. The monoisotopic (exact) mass is 483 g/mol. The van der Waals surface area contributed by atoms with Crippen molar-refractivity contribution in [1.29, 1.82) is 0 Å². The van der Waals surface area contributed by atoms with Gasteiger partial charge in [-0.25, -0.2) is 13.4 Å². The number of aryl methyl sites for hydroxylation is 1. The van der Waals surface area contributed by atoms with Crippen LogP contribution in [0.3, 0.4) is 0 Å². The van der Waals surface area contributed by atoms with E-state index < -0.39 is 15.9 Å². The molecule has 0 spiro atoms. The fourth-order valence-corrected chi connectivity index (χ4v) is 6.42. The predicted molar refractivity (Wildman–Crippen MR) is 130 cm³/mol. The fraction of sp³-hybridized carbons (Fsp3) is 0.458. The maximum atomic E-state index is 13.3. The lowest BCUT2D eigenvalue weighted by atomic mass is 10.0. The summed E-state index contributed by atoms with van der Waals surface area (Å²) in [7, 11) is -3.40. The molecule has 10 heteroatoms. The van der Waals surface area contributed by atoms with Gasteiger partial charge in [0.25, 0.3) is 5.91 Å². The second kappa shape index (κ2) is 8.57. The maximum absolute atomic E-state index is 13.3. The highest BCUT2D eigenvalue weighted by molar-refractivity contribution is 7.93. The van der Waals surface area contributed by atoms with Gasteiger partial charge in [-0.3, -0.25) is 13.9 Å². The van der Waals surface area contributed by atoms with Gasteiger partial charge in [0.2, 0.25) is 15.9 Å². The average Bonchev–Trinajstić information content (AvgIpc) is 3.61. The van der Waals surface area contributed by atoms with Crippen molar-refractivity contribution in [3.05, 3.63) is 52.7 Å². The van der Waals surface area contributed by atoms with Crippen molar-refractivity contribution in [2.24, 2.45) is 5.73 Å². The summed E-state index contributed by atoms with van der Waals surface area (Å²) >= 11 is 0. The number of carbonyl (C=O) groups is 2. The summed E-state index contributed by atoms with van der Waals surface area (Å²) in [5, 5.41) is 0. The zero-order chi connectivity index (χ0) is 24.0. The summed E-state index contributed by atoms with van der Waals surface area (Å²) < 4.78 is 25.8. The summed E-state index contributed by atoms with van der Waals surface area (Å²) in [6.07, 6.45) is 4.97. The molecule has 3 aliphatic rings. The quantitative estimate of drug-likeness (QED) is 0.694. The van der Waals surface area contributed by atoms with Crippen LogP contribution < -0.4 is 14.9 Å².